The molecule has 2 spiro atoms. The molecule has 5 aromatic rings. The molecular weight excluding hydrogens is 963 g/mol. The fraction of sp³-hybridized carbons (Fsp3) is 0.500. The summed E-state index contributed by atoms with van der Waals surface area (Å²) in [6.07, 6.45) is 9.66. The summed E-state index contributed by atoms with van der Waals surface area (Å²) in [6.45, 7) is 14.6. The summed E-state index contributed by atoms with van der Waals surface area (Å²) >= 11 is 0. The lowest BCUT2D eigenvalue weighted by Gasteiger charge is -2.61. The molecule has 10 rings (SSSR count). The molecule has 5 atom stereocenters. The minimum Gasteiger partial charge on any atom is -0.493 e. The third-order valence-corrected chi connectivity index (χ3v) is 15.7. The molecule has 2 aliphatic heterocycles. The number of unbranched alkanes of at least 4 members (excludes halogenated alkanes) is 3. The van der Waals surface area contributed by atoms with Gasteiger partial charge in [0.2, 0.25) is 0 Å². The molecule has 19 nitrogen and oxygen atoms in total. The van der Waals surface area contributed by atoms with Crippen molar-refractivity contribution in [1.29, 1.82) is 0 Å². The van der Waals surface area contributed by atoms with E-state index in [1.165, 1.54) is 17.7 Å². The van der Waals surface area contributed by atoms with Gasteiger partial charge in [-0.25, -0.2) is 14.3 Å². The number of Topliss-reactive ketones (excluding diaryl/α,β-unsaturated/α-hetero) is 1. The summed E-state index contributed by atoms with van der Waals surface area (Å²) in [5, 5.41) is 41.1. The van der Waals surface area contributed by atoms with Gasteiger partial charge < -0.3 is 48.7 Å². The minimum atomic E-state index is -1.12. The Labute approximate surface area is 435 Å². The number of hydrogen-bond acceptors (Lipinski definition) is 16. The average Bonchev–Trinajstić information content (AvgIpc) is 3.15. The second kappa shape index (κ2) is 22.3. The third kappa shape index (κ3) is 10.2. The molecule has 2 aromatic heterocycles. The highest BCUT2D eigenvalue weighted by Crippen LogP contribution is 2.77. The highest BCUT2D eigenvalue weighted by Gasteiger charge is 2.86. The number of carboxylic acid groups (broad SMARTS) is 1. The lowest BCUT2D eigenvalue weighted by molar-refractivity contribution is -0.166. The molecule has 1 saturated heterocycles. The molecule has 4 heterocycles. The molecule has 5 aliphatic rings. The molecule has 3 fully saturated rings. The fourth-order valence-corrected chi connectivity index (χ4v) is 12.4. The maximum atomic E-state index is 13.5. The Morgan fingerprint density at radius 2 is 1.68 bits per heavy atom. The highest BCUT2D eigenvalue weighted by atomic mass is 16.6. The monoisotopic (exact) mass is 1030 g/mol. The Bertz CT molecular complexity index is 2870. The number of aromatic amines is 1. The summed E-state index contributed by atoms with van der Waals surface area (Å²) in [4.78, 5) is 40.9. The van der Waals surface area contributed by atoms with Gasteiger partial charge in [0.1, 0.15) is 29.5 Å². The number of fused-ring (bicyclic) bond motifs is 1. The number of esters is 1. The largest absolute Gasteiger partial charge is 0.493 e. The first kappa shape index (κ1) is 51.8. The van der Waals surface area contributed by atoms with Crippen LogP contribution >= 0.6 is 0 Å². The number of aromatic carboxylic acids is 1. The Balaban J connectivity index is 0.560. The van der Waals surface area contributed by atoms with E-state index >= 15 is 0 Å². The van der Waals surface area contributed by atoms with Crippen LogP contribution in [0.2, 0.25) is 0 Å². The summed E-state index contributed by atoms with van der Waals surface area (Å²) in [5.74, 6) is 0.545. The van der Waals surface area contributed by atoms with Crippen molar-refractivity contribution in [2.75, 3.05) is 65.8 Å². The Morgan fingerprint density at radius 1 is 0.907 bits per heavy atom. The van der Waals surface area contributed by atoms with Gasteiger partial charge in [-0.15, -0.1) is 11.7 Å². The number of nitrogens with zero attached hydrogens (tertiary/aromatic N) is 5. The molecule has 75 heavy (non-hydrogen) atoms. The number of H-pyrrole nitrogens is 1. The van der Waals surface area contributed by atoms with Crippen LogP contribution in [0, 0.1) is 13.8 Å². The number of hydrogen-bond donors (Lipinski definition) is 4. The maximum absolute atomic E-state index is 13.5. The van der Waals surface area contributed by atoms with Crippen molar-refractivity contribution in [2.24, 2.45) is 0 Å². The van der Waals surface area contributed by atoms with Gasteiger partial charge in [-0.1, -0.05) is 30.2 Å². The molecule has 3 aromatic carbocycles. The normalized spacial score (nSPS) is 22.6. The lowest BCUT2D eigenvalue weighted by Crippen LogP contribution is -2.76. The van der Waals surface area contributed by atoms with Crippen molar-refractivity contribution in [3.05, 3.63) is 118 Å². The van der Waals surface area contributed by atoms with Crippen molar-refractivity contribution < 1.29 is 57.8 Å². The average molecular weight is 1030 g/mol. The second-order valence-corrected chi connectivity index (χ2v) is 20.4. The number of nitrogens with one attached hydrogen (secondary N) is 2. The number of aliphatic hydroxyl groups is 1. The lowest BCUT2D eigenvalue weighted by atomic mass is 9.55. The van der Waals surface area contributed by atoms with Gasteiger partial charge in [-0.05, 0) is 113 Å². The molecule has 398 valence electrons. The van der Waals surface area contributed by atoms with Crippen LogP contribution in [0.25, 0.3) is 0 Å². The van der Waals surface area contributed by atoms with E-state index in [1.54, 1.807) is 47.3 Å². The van der Waals surface area contributed by atoms with Gasteiger partial charge in [0.25, 0.3) is 0 Å². The SMILES string of the molecule is C=CCN1CC23C[C@]45c6c2ccc(OC(=O)c2ccc(OCc7cn(CCOCCOCCNCCCCCCOc8cc(OCCCc9c(C)n[nH]c9C)cc(C(=O)O)c8)nn7)cc2)c6O[C@H]4C(=O)CCC5(O)C13. The van der Waals surface area contributed by atoms with Gasteiger partial charge >= 0.3 is 11.9 Å². The van der Waals surface area contributed by atoms with Gasteiger partial charge in [0.05, 0.1) is 86.3 Å². The highest BCUT2D eigenvalue weighted by molar-refractivity contribution is 5.94. The van der Waals surface area contributed by atoms with Gasteiger partial charge in [-0.3, -0.25) is 14.8 Å². The van der Waals surface area contributed by atoms with Crippen molar-refractivity contribution in [1.82, 2.24) is 35.4 Å². The smallest absolute Gasteiger partial charge is 0.343 e. The fourth-order valence-electron chi connectivity index (χ4n) is 12.4. The Hall–Kier alpha value is -6.64. The van der Waals surface area contributed by atoms with Gasteiger partial charge in [-0.2, -0.15) is 5.10 Å². The predicted molar refractivity (Wildman–Crippen MR) is 273 cm³/mol. The number of carbonyl (C=O) groups is 3. The predicted octanol–water partition coefficient (Wildman–Crippen LogP) is 6.01. The number of carbonyl (C=O) groups excluding carboxylic acids is 2. The van der Waals surface area contributed by atoms with Gasteiger partial charge in [0, 0.05) is 48.8 Å². The van der Waals surface area contributed by atoms with Crippen LogP contribution in [0.15, 0.2) is 73.4 Å². The van der Waals surface area contributed by atoms with E-state index in [2.05, 4.69) is 37.3 Å². The minimum absolute atomic E-state index is 0.0225. The molecular formula is C56H67N7O12. The molecule has 2 bridgehead atoms. The number of rotatable bonds is 30. The number of likely N-dealkylation sites (tertiary alicyclic amines) is 1. The summed E-state index contributed by atoms with van der Waals surface area (Å²) in [6, 6.07) is 15.1. The van der Waals surface area contributed by atoms with Crippen LogP contribution in [0.3, 0.4) is 0 Å². The summed E-state index contributed by atoms with van der Waals surface area (Å²) in [7, 11) is 0. The number of aryl methyl sites for hydroxylation is 2. The van der Waals surface area contributed by atoms with E-state index in [0.717, 1.165) is 80.7 Å². The zero-order chi connectivity index (χ0) is 52.2. The van der Waals surface area contributed by atoms with Crippen LogP contribution < -0.4 is 29.0 Å². The number of aromatic nitrogens is 5. The molecule has 3 aliphatic carbocycles. The number of ether oxygens (including phenoxy) is 7. The molecule has 0 radical (unpaired) electrons. The van der Waals surface area contributed by atoms with E-state index < -0.39 is 29.1 Å². The van der Waals surface area contributed by atoms with Crippen LogP contribution in [-0.4, -0.2) is 142 Å². The zero-order valence-corrected chi connectivity index (χ0v) is 42.8. The number of ketones is 1. The van der Waals surface area contributed by atoms with E-state index in [9.17, 15) is 24.6 Å². The van der Waals surface area contributed by atoms with Crippen molar-refractivity contribution in [3.8, 4) is 28.7 Å². The van der Waals surface area contributed by atoms with Crippen LogP contribution in [0.4, 0.5) is 0 Å². The first-order chi connectivity index (χ1) is 36.4. The van der Waals surface area contributed by atoms with E-state index in [4.69, 9.17) is 33.2 Å². The van der Waals surface area contributed by atoms with E-state index in [-0.39, 0.29) is 41.6 Å². The Kier molecular flexibility index (Phi) is 15.4. The first-order valence-corrected chi connectivity index (χ1v) is 26.2. The van der Waals surface area contributed by atoms with Crippen molar-refractivity contribution >= 4 is 17.7 Å². The Morgan fingerprint density at radius 3 is 2.44 bits per heavy atom. The van der Waals surface area contributed by atoms with Crippen LogP contribution in [0.5, 0.6) is 28.7 Å². The molecule has 3 unspecified atom stereocenters. The molecule has 0 amide bonds. The van der Waals surface area contributed by atoms with Crippen molar-refractivity contribution in [3.63, 3.8) is 0 Å². The molecule has 19 heteroatoms. The first-order valence-electron chi connectivity index (χ1n) is 26.2. The van der Waals surface area contributed by atoms with Gasteiger partial charge in [0.15, 0.2) is 23.4 Å². The van der Waals surface area contributed by atoms with E-state index in [0.29, 0.717) is 99.8 Å². The van der Waals surface area contributed by atoms with E-state index in [1.807, 2.05) is 26.0 Å². The topological polar surface area (TPSA) is 231 Å². The maximum Gasteiger partial charge on any atom is 0.343 e. The quantitative estimate of drug-likeness (QED) is 0.0179. The molecule has 2 saturated carbocycles. The number of benzene rings is 3. The van der Waals surface area contributed by atoms with Crippen LogP contribution in [-0.2, 0) is 44.7 Å². The zero-order valence-electron chi connectivity index (χ0n) is 42.8. The van der Waals surface area contributed by atoms with Crippen molar-refractivity contribution in [2.45, 2.75) is 113 Å². The molecule has 4 N–H and O–H groups in total. The second-order valence-electron chi connectivity index (χ2n) is 20.4. The summed E-state index contributed by atoms with van der Waals surface area (Å²) < 4.78 is 43.2. The standard InChI is InChI=1S/C56H67N7O12/c1-4-21-62-35-54-34-55-48-45(54)15-16-47(49(48)75-50(55)46(64)17-18-56(55,68)53(54)62)74-52(67)38-11-13-41(14-12-38)73-33-40-32-63(61-60-40)22-26-70-28-27-69-25-20-57-19-7-5-6-8-23-71-42-29-39(51(65)66)30-43(31-42)72-24-9-10-44-36(2)58-59-37(44)3/h4,11-16,29-32,50,53,57,68H,1,5-10,17-28,33-35H2,2-3H3,(H,58,59)(H,65,66)/t50-,53?,54?,55-,56?/m0/s1. The summed E-state index contributed by atoms with van der Waals surface area (Å²) in [5.41, 5.74) is 4.00. The third-order valence-electron chi connectivity index (χ3n) is 15.7. The van der Waals surface area contributed by atoms with Crippen LogP contribution in [0.1, 0.15) is 106 Å². The number of carboxylic acids is 1.